The smallest absolute Gasteiger partial charge is 0.166 e. The third kappa shape index (κ3) is 5.89. The molecule has 144 valence electrons. The summed E-state index contributed by atoms with van der Waals surface area (Å²) in [5, 5.41) is 0. The molecule has 27 heavy (non-hydrogen) atoms. The zero-order valence-corrected chi connectivity index (χ0v) is 17.4. The average molecular weight is 365 g/mol. The van der Waals surface area contributed by atoms with Crippen molar-refractivity contribution in [3.63, 3.8) is 0 Å². The van der Waals surface area contributed by atoms with E-state index in [1.807, 2.05) is 25.2 Å². The molecule has 0 aromatic heterocycles. The number of carbonyl (C=O) groups excluding carboxylic acids is 2. The van der Waals surface area contributed by atoms with E-state index >= 15 is 0 Å². The van der Waals surface area contributed by atoms with Crippen molar-refractivity contribution < 1.29 is 9.59 Å². The molecule has 0 aromatic rings. The maximum atomic E-state index is 11.6. The van der Waals surface area contributed by atoms with Crippen LogP contribution in [0.2, 0.25) is 0 Å². The Morgan fingerprint density at radius 2 is 1.56 bits per heavy atom. The summed E-state index contributed by atoms with van der Waals surface area (Å²) in [5.74, 6) is -0.0757. The van der Waals surface area contributed by atoms with E-state index < -0.39 is 0 Å². The van der Waals surface area contributed by atoms with Crippen molar-refractivity contribution in [3.8, 4) is 0 Å². The summed E-state index contributed by atoms with van der Waals surface area (Å²) in [4.78, 5) is 23.2. The van der Waals surface area contributed by atoms with Gasteiger partial charge in [-0.3, -0.25) is 9.59 Å². The van der Waals surface area contributed by atoms with Crippen LogP contribution in [-0.2, 0) is 9.59 Å². The fourth-order valence-electron chi connectivity index (χ4n) is 3.74. The van der Waals surface area contributed by atoms with Crippen molar-refractivity contribution in [1.82, 2.24) is 0 Å². The zero-order valence-electron chi connectivity index (χ0n) is 17.4. The molecule has 0 N–H and O–H groups in total. The third-order valence-corrected chi connectivity index (χ3v) is 5.47. The first kappa shape index (κ1) is 21.1. The van der Waals surface area contributed by atoms with Gasteiger partial charge >= 0.3 is 0 Å². The average Bonchev–Trinajstić information content (AvgIpc) is 2.90. The summed E-state index contributed by atoms with van der Waals surface area (Å²) in [6.07, 6.45) is 18.5. The number of hydrogen-bond acceptors (Lipinski definition) is 2. The van der Waals surface area contributed by atoms with E-state index in [9.17, 15) is 9.59 Å². The van der Waals surface area contributed by atoms with Crippen LogP contribution in [0.25, 0.3) is 0 Å². The van der Waals surface area contributed by atoms with E-state index in [2.05, 4.69) is 45.9 Å². The molecule has 0 heterocycles. The van der Waals surface area contributed by atoms with Gasteiger partial charge in [-0.15, -0.1) is 0 Å². The number of allylic oxidation sites excluding steroid dienone is 12. The number of carbonyl (C=O) groups is 2. The summed E-state index contributed by atoms with van der Waals surface area (Å²) in [7, 11) is 0. The van der Waals surface area contributed by atoms with E-state index in [0.717, 1.165) is 5.57 Å². The highest BCUT2D eigenvalue weighted by Gasteiger charge is 2.26. The van der Waals surface area contributed by atoms with Crippen LogP contribution in [0.5, 0.6) is 0 Å². The maximum absolute atomic E-state index is 11.6. The minimum atomic E-state index is -0.0378. The fraction of sp³-hybridized carbons (Fsp3) is 0.440. The van der Waals surface area contributed by atoms with Crippen molar-refractivity contribution in [2.45, 2.75) is 66.7 Å². The first-order chi connectivity index (χ1) is 12.7. The van der Waals surface area contributed by atoms with Gasteiger partial charge in [0.05, 0.1) is 5.57 Å². The molecule has 0 aromatic carbocycles. The monoisotopic (exact) mass is 364 g/mol. The highest BCUT2D eigenvalue weighted by molar-refractivity contribution is 6.25. The molecule has 0 bridgehead atoms. The van der Waals surface area contributed by atoms with Gasteiger partial charge < -0.3 is 0 Å². The van der Waals surface area contributed by atoms with Crippen LogP contribution in [0, 0.1) is 5.41 Å². The Morgan fingerprint density at radius 3 is 2.19 bits per heavy atom. The Balaban J connectivity index is 2.02. The Labute approximate surface area is 164 Å². The molecular formula is C25H32O2. The van der Waals surface area contributed by atoms with Crippen molar-refractivity contribution >= 4 is 11.6 Å². The number of Topliss-reactive ketones (excluding diaryl/α,β-unsaturated/α-hetero) is 2. The van der Waals surface area contributed by atoms with Gasteiger partial charge in [0, 0.05) is 12.8 Å². The molecule has 0 spiro atoms. The summed E-state index contributed by atoms with van der Waals surface area (Å²) in [5.41, 5.74) is 5.79. The second kappa shape index (κ2) is 9.12. The van der Waals surface area contributed by atoms with Gasteiger partial charge in [0.25, 0.3) is 0 Å². The van der Waals surface area contributed by atoms with Crippen molar-refractivity contribution in [3.05, 3.63) is 70.4 Å². The quantitative estimate of drug-likeness (QED) is 0.322. The third-order valence-electron chi connectivity index (χ3n) is 5.47. The lowest BCUT2D eigenvalue weighted by Crippen LogP contribution is -2.19. The van der Waals surface area contributed by atoms with Gasteiger partial charge in [0.1, 0.15) is 0 Å². The Kier molecular flexibility index (Phi) is 7.12. The lowest BCUT2D eigenvalue weighted by Gasteiger charge is -2.32. The van der Waals surface area contributed by atoms with Gasteiger partial charge in [0.15, 0.2) is 11.6 Å². The molecule has 0 atom stereocenters. The Morgan fingerprint density at radius 1 is 0.926 bits per heavy atom. The van der Waals surface area contributed by atoms with Crippen LogP contribution in [0.1, 0.15) is 66.7 Å². The molecule has 0 radical (unpaired) electrons. The molecule has 2 nitrogen and oxygen atoms in total. The normalized spacial score (nSPS) is 21.9. The lowest BCUT2D eigenvalue weighted by atomic mass is 9.72. The van der Waals surface area contributed by atoms with E-state index in [1.54, 1.807) is 6.08 Å². The summed E-state index contributed by atoms with van der Waals surface area (Å²) >= 11 is 0. The van der Waals surface area contributed by atoms with E-state index in [1.165, 1.54) is 36.0 Å². The molecule has 1 fully saturated rings. The second-order valence-corrected chi connectivity index (χ2v) is 8.37. The topological polar surface area (TPSA) is 34.1 Å². The van der Waals surface area contributed by atoms with Gasteiger partial charge in [-0.2, -0.15) is 0 Å². The molecule has 2 aliphatic carbocycles. The van der Waals surface area contributed by atoms with Gasteiger partial charge in [0.2, 0.25) is 0 Å². The van der Waals surface area contributed by atoms with Gasteiger partial charge in [-0.1, -0.05) is 67.0 Å². The predicted molar refractivity (Wildman–Crippen MR) is 113 cm³/mol. The van der Waals surface area contributed by atoms with Crippen LogP contribution >= 0.6 is 0 Å². The predicted octanol–water partition coefficient (Wildman–Crippen LogP) is 6.38. The largest absolute Gasteiger partial charge is 0.294 e. The molecule has 1 saturated carbocycles. The minimum Gasteiger partial charge on any atom is -0.294 e. The first-order valence-corrected chi connectivity index (χ1v) is 9.89. The summed E-state index contributed by atoms with van der Waals surface area (Å²) in [6, 6.07) is 0. The van der Waals surface area contributed by atoms with Crippen LogP contribution in [-0.4, -0.2) is 11.6 Å². The SMILES string of the molecule is CC1=C(\C=C/C(C)=C\C=C/C(C)=C\C=C2C(=O)CCC2=O)C(C)(C)CCC1. The molecule has 0 amide bonds. The molecule has 2 heteroatoms. The summed E-state index contributed by atoms with van der Waals surface area (Å²) < 4.78 is 0. The van der Waals surface area contributed by atoms with Gasteiger partial charge in [-0.05, 0) is 57.1 Å². The van der Waals surface area contributed by atoms with E-state index in [0.29, 0.717) is 18.4 Å². The van der Waals surface area contributed by atoms with E-state index in [4.69, 9.17) is 0 Å². The summed E-state index contributed by atoms with van der Waals surface area (Å²) in [6.45, 7) is 11.0. The molecule has 0 saturated heterocycles. The molecule has 0 unspecified atom stereocenters. The fourth-order valence-corrected chi connectivity index (χ4v) is 3.74. The first-order valence-electron chi connectivity index (χ1n) is 9.89. The molecule has 2 aliphatic rings. The number of ketones is 2. The van der Waals surface area contributed by atoms with Crippen molar-refractivity contribution in [2.24, 2.45) is 5.41 Å². The number of rotatable bonds is 5. The van der Waals surface area contributed by atoms with Crippen molar-refractivity contribution in [2.75, 3.05) is 0 Å². The highest BCUT2D eigenvalue weighted by Crippen LogP contribution is 2.40. The molecule has 0 aliphatic heterocycles. The number of hydrogen-bond donors (Lipinski definition) is 0. The second-order valence-electron chi connectivity index (χ2n) is 8.37. The van der Waals surface area contributed by atoms with Crippen molar-refractivity contribution in [1.29, 1.82) is 0 Å². The molecule has 2 rings (SSSR count). The molecular weight excluding hydrogens is 332 g/mol. The Hall–Kier alpha value is -2.22. The minimum absolute atomic E-state index is 0.0378. The van der Waals surface area contributed by atoms with E-state index in [-0.39, 0.29) is 17.0 Å². The van der Waals surface area contributed by atoms with Crippen LogP contribution in [0.15, 0.2) is 70.4 Å². The van der Waals surface area contributed by atoms with Gasteiger partial charge in [-0.25, -0.2) is 0 Å². The Bertz CT molecular complexity index is 774. The zero-order chi connectivity index (χ0) is 20.0. The van der Waals surface area contributed by atoms with Crippen LogP contribution < -0.4 is 0 Å². The lowest BCUT2D eigenvalue weighted by molar-refractivity contribution is -0.116. The maximum Gasteiger partial charge on any atom is 0.166 e. The van der Waals surface area contributed by atoms with Crippen LogP contribution in [0.4, 0.5) is 0 Å². The standard InChI is InChI=1S/C25H32O2/c1-18(11-13-21-23(26)15-16-24(21)27)8-6-9-19(2)12-14-22-20(3)10-7-17-25(22,4)5/h6,8-9,11-14H,7,10,15-17H2,1-5H3/b8-6-,14-12-,18-11-,19-9-. The van der Waals surface area contributed by atoms with Crippen LogP contribution in [0.3, 0.4) is 0 Å². The highest BCUT2D eigenvalue weighted by atomic mass is 16.2.